The van der Waals surface area contributed by atoms with Gasteiger partial charge in [-0.1, -0.05) is 25.1 Å². The number of hydrogen-bond donors (Lipinski definition) is 2. The lowest BCUT2D eigenvalue weighted by Crippen LogP contribution is -2.44. The summed E-state index contributed by atoms with van der Waals surface area (Å²) in [4.78, 5) is 4.77. The van der Waals surface area contributed by atoms with Gasteiger partial charge in [0.1, 0.15) is 0 Å². The second-order valence-corrected chi connectivity index (χ2v) is 7.60. The SMILES string of the molecule is CCNC(=NCC1(C)COC1)NC(C)c1ccc2c(c1)CCCC2. The van der Waals surface area contributed by atoms with E-state index in [0.29, 0.717) is 0 Å². The average molecular weight is 329 g/mol. The van der Waals surface area contributed by atoms with E-state index in [1.54, 1.807) is 0 Å². The third-order valence-corrected chi connectivity index (χ3v) is 5.09. The number of rotatable bonds is 5. The highest BCUT2D eigenvalue weighted by molar-refractivity contribution is 5.80. The summed E-state index contributed by atoms with van der Waals surface area (Å²) in [5.74, 6) is 0.899. The smallest absolute Gasteiger partial charge is 0.191 e. The molecule has 1 fully saturated rings. The summed E-state index contributed by atoms with van der Waals surface area (Å²) >= 11 is 0. The van der Waals surface area contributed by atoms with Crippen molar-refractivity contribution in [1.82, 2.24) is 10.6 Å². The summed E-state index contributed by atoms with van der Waals surface area (Å²) in [5, 5.41) is 6.92. The lowest BCUT2D eigenvalue weighted by Gasteiger charge is -2.36. The molecule has 2 N–H and O–H groups in total. The Bertz CT molecular complexity index is 593. The topological polar surface area (TPSA) is 45.7 Å². The first-order valence-electron chi connectivity index (χ1n) is 9.34. The van der Waals surface area contributed by atoms with E-state index in [1.807, 2.05) is 0 Å². The first-order chi connectivity index (χ1) is 11.6. The van der Waals surface area contributed by atoms with Crippen LogP contribution in [0.25, 0.3) is 0 Å². The Labute approximate surface area is 146 Å². The summed E-state index contributed by atoms with van der Waals surface area (Å²) in [7, 11) is 0. The highest BCUT2D eigenvalue weighted by atomic mass is 16.5. The third kappa shape index (κ3) is 4.10. The van der Waals surface area contributed by atoms with Crippen molar-refractivity contribution in [3.05, 3.63) is 34.9 Å². The molecule has 0 bridgehead atoms. The summed E-state index contributed by atoms with van der Waals surface area (Å²) < 4.78 is 5.32. The van der Waals surface area contributed by atoms with E-state index in [4.69, 9.17) is 9.73 Å². The van der Waals surface area contributed by atoms with Crippen LogP contribution in [-0.2, 0) is 17.6 Å². The van der Waals surface area contributed by atoms with Crippen molar-refractivity contribution in [2.24, 2.45) is 10.4 Å². The molecule has 4 nitrogen and oxygen atoms in total. The van der Waals surface area contributed by atoms with E-state index in [1.165, 1.54) is 42.4 Å². The van der Waals surface area contributed by atoms with Crippen molar-refractivity contribution < 1.29 is 4.74 Å². The number of hydrogen-bond acceptors (Lipinski definition) is 2. The molecular formula is C20H31N3O. The van der Waals surface area contributed by atoms with Gasteiger partial charge in [-0.25, -0.2) is 0 Å². The maximum absolute atomic E-state index is 5.32. The molecule has 0 spiro atoms. The highest BCUT2D eigenvalue weighted by Crippen LogP contribution is 2.27. The van der Waals surface area contributed by atoms with Crippen LogP contribution in [0.15, 0.2) is 23.2 Å². The maximum atomic E-state index is 5.32. The Kier molecular flexibility index (Phi) is 5.44. The van der Waals surface area contributed by atoms with Crippen molar-refractivity contribution in [2.45, 2.75) is 52.5 Å². The van der Waals surface area contributed by atoms with Crippen LogP contribution in [-0.4, -0.2) is 32.3 Å². The lowest BCUT2D eigenvalue weighted by atomic mass is 9.89. The highest BCUT2D eigenvalue weighted by Gasteiger charge is 2.33. The quantitative estimate of drug-likeness (QED) is 0.644. The number of nitrogens with zero attached hydrogens (tertiary/aromatic N) is 1. The second kappa shape index (κ2) is 7.56. The van der Waals surface area contributed by atoms with Crippen LogP contribution in [0.5, 0.6) is 0 Å². The van der Waals surface area contributed by atoms with Crippen LogP contribution >= 0.6 is 0 Å². The van der Waals surface area contributed by atoms with Crippen LogP contribution in [0.2, 0.25) is 0 Å². The van der Waals surface area contributed by atoms with Crippen molar-refractivity contribution in [3.8, 4) is 0 Å². The Balaban J connectivity index is 1.66. The van der Waals surface area contributed by atoms with E-state index in [2.05, 4.69) is 49.6 Å². The molecule has 1 aromatic rings. The van der Waals surface area contributed by atoms with E-state index >= 15 is 0 Å². The zero-order chi connectivity index (χ0) is 17.0. The van der Waals surface area contributed by atoms with Gasteiger partial charge in [0.05, 0.1) is 25.8 Å². The molecule has 1 aromatic carbocycles. The van der Waals surface area contributed by atoms with Gasteiger partial charge in [-0.05, 0) is 56.2 Å². The average Bonchev–Trinajstić information content (AvgIpc) is 2.57. The van der Waals surface area contributed by atoms with Crippen molar-refractivity contribution >= 4 is 5.96 Å². The van der Waals surface area contributed by atoms with Gasteiger partial charge in [-0.3, -0.25) is 4.99 Å². The summed E-state index contributed by atoms with van der Waals surface area (Å²) in [5.41, 5.74) is 4.63. The van der Waals surface area contributed by atoms with Gasteiger partial charge in [-0.2, -0.15) is 0 Å². The van der Waals surface area contributed by atoms with E-state index in [0.717, 1.165) is 32.3 Å². The fourth-order valence-corrected chi connectivity index (χ4v) is 3.44. The maximum Gasteiger partial charge on any atom is 0.191 e. The van der Waals surface area contributed by atoms with Gasteiger partial charge in [0.2, 0.25) is 0 Å². The summed E-state index contributed by atoms with van der Waals surface area (Å²) in [6, 6.07) is 7.22. The van der Waals surface area contributed by atoms with Crippen molar-refractivity contribution in [3.63, 3.8) is 0 Å². The van der Waals surface area contributed by atoms with E-state index in [9.17, 15) is 0 Å². The van der Waals surface area contributed by atoms with Crippen LogP contribution in [0, 0.1) is 5.41 Å². The second-order valence-electron chi connectivity index (χ2n) is 7.60. The van der Waals surface area contributed by atoms with Crippen LogP contribution in [0.1, 0.15) is 56.3 Å². The molecule has 0 amide bonds. The predicted octanol–water partition coefficient (Wildman–Crippen LogP) is 3.22. The first-order valence-corrected chi connectivity index (χ1v) is 9.34. The van der Waals surface area contributed by atoms with Crippen molar-refractivity contribution in [2.75, 3.05) is 26.3 Å². The molecule has 24 heavy (non-hydrogen) atoms. The molecule has 0 aromatic heterocycles. The normalized spacial score (nSPS) is 20.7. The van der Waals surface area contributed by atoms with Crippen LogP contribution < -0.4 is 10.6 Å². The number of ether oxygens (including phenoxy) is 1. The Hall–Kier alpha value is -1.55. The first kappa shape index (κ1) is 17.3. The largest absolute Gasteiger partial charge is 0.380 e. The molecule has 2 aliphatic rings. The van der Waals surface area contributed by atoms with Gasteiger partial charge in [-0.15, -0.1) is 0 Å². The monoisotopic (exact) mass is 329 g/mol. The van der Waals surface area contributed by atoms with Gasteiger partial charge in [0, 0.05) is 12.0 Å². The molecule has 3 rings (SSSR count). The van der Waals surface area contributed by atoms with Gasteiger partial charge in [0.25, 0.3) is 0 Å². The molecular weight excluding hydrogens is 298 g/mol. The number of aliphatic imine (C=N–C) groups is 1. The van der Waals surface area contributed by atoms with E-state index in [-0.39, 0.29) is 11.5 Å². The molecule has 1 aliphatic carbocycles. The minimum absolute atomic E-state index is 0.206. The standard InChI is InChI=1S/C20H31N3O/c1-4-21-19(22-12-20(3)13-24-14-20)23-15(2)17-10-9-16-7-5-6-8-18(16)11-17/h9-11,15H,4-8,12-14H2,1-3H3,(H2,21,22,23). The van der Waals surface area contributed by atoms with Crippen molar-refractivity contribution in [1.29, 1.82) is 0 Å². The molecule has 132 valence electrons. The Morgan fingerprint density at radius 2 is 2.00 bits per heavy atom. The fourth-order valence-electron chi connectivity index (χ4n) is 3.44. The molecule has 1 heterocycles. The number of guanidine groups is 1. The van der Waals surface area contributed by atoms with Crippen LogP contribution in [0.4, 0.5) is 0 Å². The minimum Gasteiger partial charge on any atom is -0.380 e. The number of fused-ring (bicyclic) bond motifs is 1. The Morgan fingerprint density at radius 1 is 1.25 bits per heavy atom. The van der Waals surface area contributed by atoms with E-state index < -0.39 is 0 Å². The predicted molar refractivity (Wildman–Crippen MR) is 99.5 cm³/mol. The summed E-state index contributed by atoms with van der Waals surface area (Å²) in [6.07, 6.45) is 5.12. The number of nitrogens with one attached hydrogen (secondary N) is 2. The molecule has 4 heteroatoms. The number of benzene rings is 1. The molecule has 0 radical (unpaired) electrons. The number of aryl methyl sites for hydroxylation is 2. The molecule has 1 saturated heterocycles. The van der Waals surface area contributed by atoms with Gasteiger partial charge in [0.15, 0.2) is 5.96 Å². The molecule has 1 atom stereocenters. The Morgan fingerprint density at radius 3 is 2.67 bits per heavy atom. The lowest BCUT2D eigenvalue weighted by molar-refractivity contribution is -0.0945. The molecule has 1 unspecified atom stereocenters. The fraction of sp³-hybridized carbons (Fsp3) is 0.650. The van der Waals surface area contributed by atoms with Gasteiger partial charge >= 0.3 is 0 Å². The molecule has 1 aliphatic heterocycles. The zero-order valence-corrected chi connectivity index (χ0v) is 15.3. The third-order valence-electron chi connectivity index (χ3n) is 5.09. The summed E-state index contributed by atoms with van der Waals surface area (Å²) in [6.45, 7) is 9.86. The zero-order valence-electron chi connectivity index (χ0n) is 15.3. The van der Waals surface area contributed by atoms with Crippen LogP contribution in [0.3, 0.4) is 0 Å². The van der Waals surface area contributed by atoms with Gasteiger partial charge < -0.3 is 15.4 Å². The molecule has 0 saturated carbocycles. The minimum atomic E-state index is 0.206.